The van der Waals surface area contributed by atoms with Gasteiger partial charge in [0.25, 0.3) is 0 Å². The molecule has 0 saturated carbocycles. The van der Waals surface area contributed by atoms with Gasteiger partial charge in [0, 0.05) is 17.6 Å². The van der Waals surface area contributed by atoms with E-state index in [-0.39, 0.29) is 6.67 Å². The average Bonchev–Trinajstić information content (AvgIpc) is 2.69. The van der Waals surface area contributed by atoms with Crippen molar-refractivity contribution in [1.82, 2.24) is 9.84 Å². The predicted octanol–water partition coefficient (Wildman–Crippen LogP) is 3.76. The van der Waals surface area contributed by atoms with Crippen LogP contribution in [0, 0.1) is 0 Å². The number of urea groups is 1. The zero-order chi connectivity index (χ0) is 14.9. The highest BCUT2D eigenvalue weighted by atomic mass is 35.5. The standard InChI is InChI=1S/C10H9Cl3FN3O2S/c1-19-8-3-2-6(4-7(8)11)16-5-15-17(9(16)18)20-10(12,13)14/h2-4,15H,5H2,1H3. The van der Waals surface area contributed by atoms with E-state index in [2.05, 4.69) is 5.43 Å². The SMILES string of the molecule is COc1ccc(N2CNN(SC(F)(Cl)Cl)C2=O)cc1Cl. The van der Waals surface area contributed by atoms with E-state index in [0.717, 1.165) is 4.41 Å². The lowest BCUT2D eigenvalue weighted by Gasteiger charge is -2.18. The van der Waals surface area contributed by atoms with Crippen molar-refractivity contribution in [1.29, 1.82) is 0 Å². The van der Waals surface area contributed by atoms with Crippen LogP contribution >= 0.6 is 46.8 Å². The number of nitrogens with one attached hydrogen (secondary N) is 1. The number of anilines is 1. The maximum Gasteiger partial charge on any atom is 0.350 e. The maximum atomic E-state index is 13.1. The van der Waals surface area contributed by atoms with Crippen LogP contribution < -0.4 is 15.1 Å². The molecule has 0 bridgehead atoms. The second-order valence-electron chi connectivity index (χ2n) is 3.68. The fourth-order valence-electron chi connectivity index (χ4n) is 1.58. The number of benzene rings is 1. The molecule has 1 aliphatic heterocycles. The Kier molecular flexibility index (Phi) is 4.76. The Balaban J connectivity index is 2.15. The summed E-state index contributed by atoms with van der Waals surface area (Å²) in [5.74, 6) is 0.491. The second-order valence-corrected chi connectivity index (χ2v) is 6.88. The fraction of sp³-hybridized carbons (Fsp3) is 0.300. The Morgan fingerprint density at radius 3 is 2.75 bits per heavy atom. The molecule has 1 aromatic rings. The molecule has 1 heterocycles. The van der Waals surface area contributed by atoms with Crippen LogP contribution in [0.3, 0.4) is 0 Å². The summed E-state index contributed by atoms with van der Waals surface area (Å²) in [6.07, 6.45) is 0. The van der Waals surface area contributed by atoms with Crippen molar-refractivity contribution in [2.45, 2.75) is 3.92 Å². The van der Waals surface area contributed by atoms with Gasteiger partial charge < -0.3 is 4.74 Å². The molecule has 0 atom stereocenters. The fourth-order valence-corrected chi connectivity index (χ4v) is 2.75. The van der Waals surface area contributed by atoms with Gasteiger partial charge >= 0.3 is 9.95 Å². The first-order chi connectivity index (χ1) is 9.31. The minimum absolute atomic E-state index is 0.137. The van der Waals surface area contributed by atoms with Gasteiger partial charge in [0.15, 0.2) is 0 Å². The molecule has 1 N–H and O–H groups in total. The number of amides is 2. The molecule has 1 saturated heterocycles. The normalized spacial score (nSPS) is 15.9. The molecule has 1 fully saturated rings. The monoisotopic (exact) mass is 359 g/mol. The number of alkyl halides is 3. The van der Waals surface area contributed by atoms with Gasteiger partial charge in [-0.1, -0.05) is 34.8 Å². The second kappa shape index (κ2) is 6.03. The third-order valence-electron chi connectivity index (χ3n) is 2.42. The maximum absolute atomic E-state index is 13.1. The van der Waals surface area contributed by atoms with E-state index in [4.69, 9.17) is 39.5 Å². The van der Waals surface area contributed by atoms with Gasteiger partial charge in [-0.25, -0.2) is 4.79 Å². The molecule has 1 aromatic carbocycles. The van der Waals surface area contributed by atoms with Gasteiger partial charge in [0.1, 0.15) is 5.75 Å². The number of methoxy groups -OCH3 is 1. The quantitative estimate of drug-likeness (QED) is 0.656. The molecule has 2 amide bonds. The number of halogens is 4. The average molecular weight is 361 g/mol. The van der Waals surface area contributed by atoms with E-state index < -0.39 is 9.95 Å². The molecular weight excluding hydrogens is 352 g/mol. The summed E-state index contributed by atoms with van der Waals surface area (Å²) in [5.41, 5.74) is 3.18. The minimum atomic E-state index is -2.60. The molecule has 20 heavy (non-hydrogen) atoms. The highest BCUT2D eigenvalue weighted by molar-refractivity contribution is 8.01. The third-order valence-corrected chi connectivity index (χ3v) is 3.80. The van der Waals surface area contributed by atoms with Crippen LogP contribution in [0.1, 0.15) is 0 Å². The van der Waals surface area contributed by atoms with E-state index in [9.17, 15) is 9.18 Å². The predicted molar refractivity (Wildman–Crippen MR) is 78.9 cm³/mol. The molecule has 0 aliphatic carbocycles. The van der Waals surface area contributed by atoms with Gasteiger partial charge in [-0.15, -0.1) is 0 Å². The first-order valence-corrected chi connectivity index (χ1v) is 7.17. The number of ether oxygens (including phenoxy) is 1. The van der Waals surface area contributed by atoms with Crippen LogP contribution in [-0.2, 0) is 0 Å². The van der Waals surface area contributed by atoms with Gasteiger partial charge in [0.2, 0.25) is 0 Å². The van der Waals surface area contributed by atoms with Gasteiger partial charge in [-0.2, -0.15) is 14.2 Å². The Morgan fingerprint density at radius 2 is 2.20 bits per heavy atom. The number of hydrazine groups is 1. The van der Waals surface area contributed by atoms with Crippen molar-refractivity contribution >= 4 is 58.5 Å². The number of carbonyl (C=O) groups is 1. The summed E-state index contributed by atoms with van der Waals surface area (Å²) in [6, 6.07) is 4.34. The Labute approximate surface area is 134 Å². The Morgan fingerprint density at radius 1 is 1.50 bits per heavy atom. The first-order valence-electron chi connectivity index (χ1n) is 5.26. The van der Waals surface area contributed by atoms with Crippen molar-refractivity contribution in [3.8, 4) is 5.75 Å². The summed E-state index contributed by atoms with van der Waals surface area (Å²) in [7, 11) is 1.49. The van der Waals surface area contributed by atoms with Crippen LogP contribution in [0.4, 0.5) is 14.9 Å². The molecule has 0 unspecified atom stereocenters. The van der Waals surface area contributed by atoms with E-state index in [0.29, 0.717) is 28.4 Å². The summed E-state index contributed by atoms with van der Waals surface area (Å²) in [4.78, 5) is 13.4. The minimum Gasteiger partial charge on any atom is -0.495 e. The molecule has 0 aromatic heterocycles. The molecule has 1 aliphatic rings. The van der Waals surface area contributed by atoms with E-state index in [1.165, 1.54) is 12.0 Å². The number of carbonyl (C=O) groups excluding carboxylic acids is 1. The number of hydrogen-bond acceptors (Lipinski definition) is 4. The van der Waals surface area contributed by atoms with Crippen molar-refractivity contribution in [3.63, 3.8) is 0 Å². The highest BCUT2D eigenvalue weighted by Crippen LogP contribution is 2.39. The van der Waals surface area contributed by atoms with Crippen LogP contribution in [-0.4, -0.2) is 28.1 Å². The lowest BCUT2D eigenvalue weighted by atomic mass is 10.3. The van der Waals surface area contributed by atoms with Gasteiger partial charge in [-0.05, 0) is 18.2 Å². The Hall–Kier alpha value is -0.600. The van der Waals surface area contributed by atoms with Gasteiger partial charge in [-0.3, -0.25) is 4.90 Å². The van der Waals surface area contributed by atoms with Crippen LogP contribution in [0.15, 0.2) is 18.2 Å². The van der Waals surface area contributed by atoms with Gasteiger partial charge in [0.05, 0.1) is 18.8 Å². The van der Waals surface area contributed by atoms with Crippen molar-refractivity contribution < 1.29 is 13.9 Å². The van der Waals surface area contributed by atoms with E-state index in [1.807, 2.05) is 0 Å². The first kappa shape index (κ1) is 15.8. The van der Waals surface area contributed by atoms with Crippen molar-refractivity contribution in [2.75, 3.05) is 18.7 Å². The lowest BCUT2D eigenvalue weighted by molar-refractivity contribution is 0.235. The molecule has 10 heteroatoms. The zero-order valence-electron chi connectivity index (χ0n) is 10.1. The molecule has 2 rings (SSSR count). The summed E-state index contributed by atoms with van der Waals surface area (Å²) >= 11 is 16.7. The van der Waals surface area contributed by atoms with Crippen LogP contribution in [0.25, 0.3) is 0 Å². The van der Waals surface area contributed by atoms with Crippen molar-refractivity contribution in [2.24, 2.45) is 0 Å². The summed E-state index contributed by atoms with van der Waals surface area (Å²) in [6.45, 7) is 0.137. The molecular formula is C10H9Cl3FN3O2S. The topological polar surface area (TPSA) is 44.8 Å². The lowest BCUT2D eigenvalue weighted by Crippen LogP contribution is -2.31. The smallest absolute Gasteiger partial charge is 0.350 e. The largest absolute Gasteiger partial charge is 0.495 e. The molecule has 0 radical (unpaired) electrons. The summed E-state index contributed by atoms with van der Waals surface area (Å²) in [5, 5.41) is 0.360. The molecule has 5 nitrogen and oxygen atoms in total. The van der Waals surface area contributed by atoms with Crippen molar-refractivity contribution in [3.05, 3.63) is 23.2 Å². The number of hydrogen-bond donors (Lipinski definition) is 1. The number of nitrogens with zero attached hydrogens (tertiary/aromatic N) is 2. The number of rotatable bonds is 4. The third kappa shape index (κ3) is 3.53. The highest BCUT2D eigenvalue weighted by Gasteiger charge is 2.37. The molecule has 0 spiro atoms. The van der Waals surface area contributed by atoms with E-state index >= 15 is 0 Å². The van der Waals surface area contributed by atoms with Crippen LogP contribution in [0.5, 0.6) is 5.75 Å². The zero-order valence-corrected chi connectivity index (χ0v) is 13.2. The summed E-state index contributed by atoms with van der Waals surface area (Å²) < 4.78 is 16.5. The van der Waals surface area contributed by atoms with E-state index in [1.54, 1.807) is 18.2 Å². The Bertz CT molecular complexity index is 529. The molecule has 110 valence electrons. The van der Waals surface area contributed by atoms with Crippen LogP contribution in [0.2, 0.25) is 5.02 Å².